The molecule has 0 saturated heterocycles. The van der Waals surface area contributed by atoms with Gasteiger partial charge < -0.3 is 25.0 Å². The minimum atomic E-state index is -0.159. The van der Waals surface area contributed by atoms with E-state index in [1.165, 1.54) is 10.5 Å². The van der Waals surface area contributed by atoms with Crippen LogP contribution < -0.4 is 20.1 Å². The monoisotopic (exact) mass is 487 g/mol. The number of fused-ring (bicyclic) bond motifs is 1. The average molecular weight is 488 g/mol. The van der Waals surface area contributed by atoms with Gasteiger partial charge in [0, 0.05) is 31.9 Å². The van der Waals surface area contributed by atoms with Crippen molar-refractivity contribution >= 4 is 23.6 Å². The van der Waals surface area contributed by atoms with Gasteiger partial charge >= 0.3 is 0 Å². The van der Waals surface area contributed by atoms with Crippen LogP contribution in [0.2, 0.25) is 0 Å². The fraction of sp³-hybridized carbons (Fsp3) is 0.241. The zero-order valence-electron chi connectivity index (χ0n) is 21.0. The number of amides is 2. The van der Waals surface area contributed by atoms with Gasteiger partial charge in [0.1, 0.15) is 0 Å². The summed E-state index contributed by atoms with van der Waals surface area (Å²) in [6.07, 6.45) is 3.43. The maximum absolute atomic E-state index is 11.8. The minimum absolute atomic E-state index is 0.0716. The summed E-state index contributed by atoms with van der Waals surface area (Å²) < 4.78 is 10.2. The number of carbonyl (C=O) groups is 2. The Bertz CT molecular complexity index is 1160. The van der Waals surface area contributed by atoms with Crippen LogP contribution >= 0.6 is 0 Å². The van der Waals surface area contributed by atoms with Crippen molar-refractivity contribution in [3.8, 4) is 22.6 Å². The lowest BCUT2D eigenvalue weighted by Gasteiger charge is -2.16. The van der Waals surface area contributed by atoms with Crippen molar-refractivity contribution < 1.29 is 19.1 Å². The average Bonchev–Trinajstić information content (AvgIpc) is 3.41. The van der Waals surface area contributed by atoms with E-state index in [4.69, 9.17) is 9.47 Å². The molecule has 0 aliphatic carbocycles. The van der Waals surface area contributed by atoms with Crippen molar-refractivity contribution in [2.45, 2.75) is 13.3 Å². The molecule has 2 N–H and O–H groups in total. The molecule has 188 valence electrons. The van der Waals surface area contributed by atoms with Crippen molar-refractivity contribution in [3.05, 3.63) is 84.4 Å². The molecule has 7 heteroatoms. The van der Waals surface area contributed by atoms with Crippen LogP contribution in [0.1, 0.15) is 18.9 Å². The number of hydrogen-bond donors (Lipinski definition) is 2. The number of anilines is 1. The lowest BCUT2D eigenvalue weighted by molar-refractivity contribution is -0.127. The summed E-state index contributed by atoms with van der Waals surface area (Å²) in [5.74, 6) is 1.53. The molecule has 0 atom stereocenters. The zero-order chi connectivity index (χ0) is 25.8. The zero-order valence-corrected chi connectivity index (χ0v) is 21.0. The SMILES string of the molecule is C/C=C(\CCNC(=O)CN(C)C=O)c1ccc(-c2ccccc2)cc1NC.c1ccc2c(c1)OCO2. The molecular formula is C29H33N3O4. The number of ether oxygens (including phenoxy) is 2. The van der Waals surface area contributed by atoms with Gasteiger partial charge in [0.15, 0.2) is 11.5 Å². The highest BCUT2D eigenvalue weighted by molar-refractivity contribution is 5.82. The first kappa shape index (κ1) is 26.3. The van der Waals surface area contributed by atoms with E-state index < -0.39 is 0 Å². The molecule has 2 amide bonds. The predicted octanol–water partition coefficient (Wildman–Crippen LogP) is 4.81. The van der Waals surface area contributed by atoms with Crippen LogP contribution in [0.25, 0.3) is 16.7 Å². The van der Waals surface area contributed by atoms with Gasteiger partial charge in [0.05, 0.1) is 6.54 Å². The van der Waals surface area contributed by atoms with E-state index in [9.17, 15) is 9.59 Å². The molecule has 36 heavy (non-hydrogen) atoms. The number of carbonyl (C=O) groups excluding carboxylic acids is 2. The number of nitrogens with zero attached hydrogens (tertiary/aromatic N) is 1. The highest BCUT2D eigenvalue weighted by atomic mass is 16.7. The van der Waals surface area contributed by atoms with E-state index in [2.05, 4.69) is 47.0 Å². The van der Waals surface area contributed by atoms with Crippen LogP contribution in [0.3, 0.4) is 0 Å². The molecule has 1 heterocycles. The second-order valence-electron chi connectivity index (χ2n) is 8.16. The fourth-order valence-electron chi connectivity index (χ4n) is 3.78. The summed E-state index contributed by atoms with van der Waals surface area (Å²) >= 11 is 0. The maximum atomic E-state index is 11.8. The number of allylic oxidation sites excluding steroid dienone is 1. The van der Waals surface area contributed by atoms with Crippen molar-refractivity contribution in [1.29, 1.82) is 0 Å². The van der Waals surface area contributed by atoms with Gasteiger partial charge in [-0.3, -0.25) is 9.59 Å². The molecule has 4 rings (SSSR count). The van der Waals surface area contributed by atoms with E-state index in [1.54, 1.807) is 7.05 Å². The van der Waals surface area contributed by atoms with Crippen LogP contribution in [0.5, 0.6) is 11.5 Å². The molecule has 7 nitrogen and oxygen atoms in total. The Morgan fingerprint density at radius 2 is 1.64 bits per heavy atom. The Labute approximate surface area is 212 Å². The van der Waals surface area contributed by atoms with Gasteiger partial charge in [-0.1, -0.05) is 60.7 Å². The normalized spacial score (nSPS) is 11.7. The maximum Gasteiger partial charge on any atom is 0.239 e. The molecule has 0 fully saturated rings. The van der Waals surface area contributed by atoms with Gasteiger partial charge in [-0.2, -0.15) is 0 Å². The number of rotatable bonds is 9. The second kappa shape index (κ2) is 13.6. The number of benzene rings is 3. The molecular weight excluding hydrogens is 454 g/mol. The third-order valence-electron chi connectivity index (χ3n) is 5.66. The molecule has 3 aromatic rings. The number of para-hydroxylation sites is 2. The van der Waals surface area contributed by atoms with Gasteiger partial charge in [-0.05, 0) is 48.2 Å². The lowest BCUT2D eigenvalue weighted by Crippen LogP contribution is -2.35. The van der Waals surface area contributed by atoms with Crippen molar-refractivity contribution in [1.82, 2.24) is 10.2 Å². The van der Waals surface area contributed by atoms with E-state index in [1.807, 2.05) is 56.4 Å². The second-order valence-corrected chi connectivity index (χ2v) is 8.16. The van der Waals surface area contributed by atoms with E-state index in [-0.39, 0.29) is 12.5 Å². The van der Waals surface area contributed by atoms with Gasteiger partial charge in [-0.15, -0.1) is 0 Å². The van der Waals surface area contributed by atoms with Crippen LogP contribution in [-0.4, -0.2) is 51.2 Å². The Kier molecular flexibility index (Phi) is 9.94. The summed E-state index contributed by atoms with van der Waals surface area (Å²) in [5, 5.41) is 6.14. The molecule has 0 spiro atoms. The fourth-order valence-corrected chi connectivity index (χ4v) is 3.78. The Morgan fingerprint density at radius 3 is 2.25 bits per heavy atom. The topological polar surface area (TPSA) is 79.9 Å². The van der Waals surface area contributed by atoms with E-state index >= 15 is 0 Å². The number of likely N-dealkylation sites (N-methyl/N-ethyl adjacent to an activating group) is 1. The standard InChI is InChI=1S/C22H27N3O2.C7H6O2/c1-4-17(12-13-24-22(27)15-25(3)16-26)20-11-10-19(14-21(20)23-2)18-8-6-5-7-9-18;1-2-4-7-6(3-1)8-5-9-7/h4-11,14,16,23H,12-13,15H2,1-3H3,(H,24,27);1-4H,5H2/b17-4+;. The van der Waals surface area contributed by atoms with Crippen molar-refractivity contribution in [2.24, 2.45) is 0 Å². The van der Waals surface area contributed by atoms with Crippen molar-refractivity contribution in [2.75, 3.05) is 39.3 Å². The number of hydrogen-bond acceptors (Lipinski definition) is 5. The molecule has 1 aliphatic heterocycles. The summed E-state index contributed by atoms with van der Waals surface area (Å²) in [6, 6.07) is 24.3. The summed E-state index contributed by atoms with van der Waals surface area (Å²) in [4.78, 5) is 23.7. The molecule has 3 aromatic carbocycles. The van der Waals surface area contributed by atoms with Gasteiger partial charge in [-0.25, -0.2) is 0 Å². The predicted molar refractivity (Wildman–Crippen MR) is 144 cm³/mol. The van der Waals surface area contributed by atoms with Crippen LogP contribution in [0, 0.1) is 0 Å². The van der Waals surface area contributed by atoms with E-state index in [0.29, 0.717) is 26.2 Å². The number of nitrogens with one attached hydrogen (secondary N) is 2. The smallest absolute Gasteiger partial charge is 0.239 e. The molecule has 1 aliphatic rings. The first-order chi connectivity index (χ1) is 17.5. The van der Waals surface area contributed by atoms with Gasteiger partial charge in [0.25, 0.3) is 0 Å². The van der Waals surface area contributed by atoms with Crippen LogP contribution in [0.15, 0.2) is 78.9 Å². The third kappa shape index (κ3) is 7.37. The summed E-state index contributed by atoms with van der Waals surface area (Å²) in [7, 11) is 3.50. The summed E-state index contributed by atoms with van der Waals surface area (Å²) in [5.41, 5.74) is 5.66. The summed E-state index contributed by atoms with van der Waals surface area (Å²) in [6.45, 7) is 2.96. The highest BCUT2D eigenvalue weighted by Crippen LogP contribution is 2.31. The molecule has 0 radical (unpaired) electrons. The largest absolute Gasteiger partial charge is 0.454 e. The van der Waals surface area contributed by atoms with Crippen molar-refractivity contribution in [3.63, 3.8) is 0 Å². The molecule has 0 bridgehead atoms. The van der Waals surface area contributed by atoms with E-state index in [0.717, 1.165) is 33.9 Å². The Balaban J connectivity index is 0.000000331. The van der Waals surface area contributed by atoms with Crippen LogP contribution in [-0.2, 0) is 9.59 Å². The Morgan fingerprint density at radius 1 is 0.972 bits per heavy atom. The lowest BCUT2D eigenvalue weighted by atomic mass is 9.96. The third-order valence-corrected chi connectivity index (χ3v) is 5.66. The molecule has 0 aromatic heterocycles. The molecule has 0 saturated carbocycles. The first-order valence-corrected chi connectivity index (χ1v) is 11.8. The Hall–Kier alpha value is -4.26. The highest BCUT2D eigenvalue weighted by Gasteiger charge is 2.11. The van der Waals surface area contributed by atoms with Crippen LogP contribution in [0.4, 0.5) is 5.69 Å². The quantitative estimate of drug-likeness (QED) is 0.424. The minimum Gasteiger partial charge on any atom is -0.454 e. The van der Waals surface area contributed by atoms with Gasteiger partial charge in [0.2, 0.25) is 19.1 Å². The molecule has 0 unspecified atom stereocenters. The first-order valence-electron chi connectivity index (χ1n) is 11.8.